The molecule has 4 amide bonds. The zero-order chi connectivity index (χ0) is 13.8. The molecule has 1 fully saturated rings. The lowest BCUT2D eigenvalue weighted by Gasteiger charge is -2.14. The Hall–Kier alpha value is -2.08. The van der Waals surface area contributed by atoms with Crippen LogP contribution in [0, 0.1) is 0 Å². The van der Waals surface area contributed by atoms with E-state index in [9.17, 15) is 14.4 Å². The minimum absolute atomic E-state index is 0.156. The van der Waals surface area contributed by atoms with Crippen LogP contribution in [0.1, 0.15) is 12.0 Å². The van der Waals surface area contributed by atoms with Gasteiger partial charge in [-0.2, -0.15) is 0 Å². The van der Waals surface area contributed by atoms with E-state index in [1.54, 1.807) is 6.07 Å². The van der Waals surface area contributed by atoms with Crippen molar-refractivity contribution in [2.75, 3.05) is 6.54 Å². The van der Waals surface area contributed by atoms with Gasteiger partial charge in [-0.1, -0.05) is 29.8 Å². The number of carbonyl (C=O) groups is 3. The van der Waals surface area contributed by atoms with Crippen molar-refractivity contribution >= 4 is 29.4 Å². The summed E-state index contributed by atoms with van der Waals surface area (Å²) in [7, 11) is 0. The van der Waals surface area contributed by atoms with Crippen LogP contribution in [-0.4, -0.2) is 29.4 Å². The summed E-state index contributed by atoms with van der Waals surface area (Å²) in [4.78, 5) is 33.8. The van der Waals surface area contributed by atoms with Crippen LogP contribution in [0.25, 0.3) is 0 Å². The average molecular weight is 282 g/mol. The van der Waals surface area contributed by atoms with Gasteiger partial charge in [0.15, 0.2) is 0 Å². The van der Waals surface area contributed by atoms with Crippen LogP contribution in [0.2, 0.25) is 5.02 Å². The van der Waals surface area contributed by atoms with Crippen molar-refractivity contribution in [3.63, 3.8) is 0 Å². The number of amides is 4. The minimum Gasteiger partial charge on any atom is -0.275 e. The third kappa shape index (κ3) is 3.45. The van der Waals surface area contributed by atoms with Crippen molar-refractivity contribution in [2.45, 2.75) is 12.8 Å². The van der Waals surface area contributed by atoms with Crippen molar-refractivity contribution in [2.24, 2.45) is 0 Å². The molecule has 1 aromatic rings. The van der Waals surface area contributed by atoms with E-state index >= 15 is 0 Å². The maximum absolute atomic E-state index is 11.6. The topological polar surface area (TPSA) is 78.5 Å². The first-order chi connectivity index (χ1) is 9.06. The zero-order valence-corrected chi connectivity index (χ0v) is 10.7. The molecule has 2 rings (SSSR count). The summed E-state index contributed by atoms with van der Waals surface area (Å²) in [6.45, 7) is -0.156. The Balaban J connectivity index is 1.84. The fraction of sp³-hybridized carbons (Fsp3) is 0.250. The molecule has 19 heavy (non-hydrogen) atoms. The lowest BCUT2D eigenvalue weighted by atomic mass is 10.1. The maximum atomic E-state index is 11.6. The number of aryl methyl sites for hydroxylation is 1. The van der Waals surface area contributed by atoms with Gasteiger partial charge in [0.25, 0.3) is 0 Å². The highest BCUT2D eigenvalue weighted by Crippen LogP contribution is 2.16. The lowest BCUT2D eigenvalue weighted by molar-refractivity contribution is -0.125. The second-order valence-corrected chi connectivity index (χ2v) is 4.47. The highest BCUT2D eigenvalue weighted by Gasteiger charge is 2.27. The highest BCUT2D eigenvalue weighted by atomic mass is 35.5. The number of nitrogens with zero attached hydrogens (tertiary/aromatic N) is 1. The molecule has 0 aromatic heterocycles. The van der Waals surface area contributed by atoms with Gasteiger partial charge in [-0.25, -0.2) is 9.80 Å². The molecule has 1 aliphatic heterocycles. The van der Waals surface area contributed by atoms with Crippen molar-refractivity contribution < 1.29 is 14.4 Å². The molecular weight excluding hydrogens is 270 g/mol. The molecule has 6 nitrogen and oxygen atoms in total. The molecule has 1 heterocycles. The number of hydrazine groups is 1. The fourth-order valence-corrected chi connectivity index (χ4v) is 1.92. The Morgan fingerprint density at radius 3 is 2.74 bits per heavy atom. The Kier molecular flexibility index (Phi) is 4.01. The average Bonchev–Trinajstić information content (AvgIpc) is 2.67. The highest BCUT2D eigenvalue weighted by molar-refractivity contribution is 6.31. The van der Waals surface area contributed by atoms with Gasteiger partial charge < -0.3 is 0 Å². The molecule has 0 spiro atoms. The first kappa shape index (κ1) is 13.4. The second kappa shape index (κ2) is 5.71. The third-order valence-electron chi connectivity index (χ3n) is 2.63. The molecule has 100 valence electrons. The van der Waals surface area contributed by atoms with Gasteiger partial charge in [0.2, 0.25) is 11.8 Å². The molecule has 1 aromatic carbocycles. The van der Waals surface area contributed by atoms with Crippen LogP contribution in [-0.2, 0) is 16.0 Å². The molecule has 0 bridgehead atoms. The summed E-state index contributed by atoms with van der Waals surface area (Å²) in [5.74, 6) is -0.777. The SMILES string of the molecule is O=C1CN(NC(=O)CCc2ccccc2Cl)C(=O)N1. The van der Waals surface area contributed by atoms with E-state index in [0.717, 1.165) is 10.6 Å². The van der Waals surface area contributed by atoms with Crippen molar-refractivity contribution in [1.29, 1.82) is 0 Å². The summed E-state index contributed by atoms with van der Waals surface area (Å²) < 4.78 is 0. The molecule has 1 saturated heterocycles. The Labute approximate surface area is 114 Å². The molecule has 1 aliphatic rings. The van der Waals surface area contributed by atoms with E-state index in [0.29, 0.717) is 11.4 Å². The van der Waals surface area contributed by atoms with Gasteiger partial charge in [-0.15, -0.1) is 0 Å². The Morgan fingerprint density at radius 2 is 2.11 bits per heavy atom. The van der Waals surface area contributed by atoms with E-state index in [1.807, 2.05) is 18.2 Å². The molecule has 0 aliphatic carbocycles. The van der Waals surface area contributed by atoms with E-state index in [1.165, 1.54) is 0 Å². The normalized spacial score (nSPS) is 14.5. The Bertz CT molecular complexity index is 533. The summed E-state index contributed by atoms with van der Waals surface area (Å²) in [6.07, 6.45) is 0.649. The predicted molar refractivity (Wildman–Crippen MR) is 68.2 cm³/mol. The van der Waals surface area contributed by atoms with Gasteiger partial charge in [-0.3, -0.25) is 20.3 Å². The summed E-state index contributed by atoms with van der Waals surface area (Å²) in [5, 5.41) is 3.62. The molecular formula is C12H12ClN3O3. The Morgan fingerprint density at radius 1 is 1.37 bits per heavy atom. The van der Waals surface area contributed by atoms with Crippen molar-refractivity contribution in [1.82, 2.24) is 15.8 Å². The number of imide groups is 1. The van der Waals surface area contributed by atoms with Crippen LogP contribution >= 0.6 is 11.6 Å². The van der Waals surface area contributed by atoms with Crippen LogP contribution in [0.4, 0.5) is 4.79 Å². The molecule has 7 heteroatoms. The number of rotatable bonds is 4. The van der Waals surface area contributed by atoms with Gasteiger partial charge in [0.1, 0.15) is 6.54 Å². The number of benzene rings is 1. The summed E-state index contributed by atoms with van der Waals surface area (Å²) in [5.41, 5.74) is 3.23. The maximum Gasteiger partial charge on any atom is 0.343 e. The first-order valence-electron chi connectivity index (χ1n) is 5.70. The number of halogens is 1. The van der Waals surface area contributed by atoms with Crippen LogP contribution in [0.3, 0.4) is 0 Å². The van der Waals surface area contributed by atoms with Crippen LogP contribution in [0.5, 0.6) is 0 Å². The number of hydrogen-bond donors (Lipinski definition) is 2. The van der Waals surface area contributed by atoms with Gasteiger partial charge in [-0.05, 0) is 18.1 Å². The smallest absolute Gasteiger partial charge is 0.275 e. The number of carbonyl (C=O) groups excluding carboxylic acids is 3. The van der Waals surface area contributed by atoms with Gasteiger partial charge in [0, 0.05) is 11.4 Å². The van der Waals surface area contributed by atoms with Crippen LogP contribution in [0.15, 0.2) is 24.3 Å². The first-order valence-corrected chi connectivity index (χ1v) is 6.08. The van der Waals surface area contributed by atoms with E-state index in [4.69, 9.17) is 11.6 Å². The summed E-state index contributed by atoms with van der Waals surface area (Å²) >= 11 is 5.97. The third-order valence-corrected chi connectivity index (χ3v) is 3.00. The van der Waals surface area contributed by atoms with E-state index < -0.39 is 11.9 Å². The van der Waals surface area contributed by atoms with E-state index in [-0.39, 0.29) is 18.9 Å². The summed E-state index contributed by atoms with van der Waals surface area (Å²) in [6, 6.07) is 6.62. The molecule has 0 atom stereocenters. The quantitative estimate of drug-likeness (QED) is 0.803. The van der Waals surface area contributed by atoms with Gasteiger partial charge >= 0.3 is 6.03 Å². The van der Waals surface area contributed by atoms with Gasteiger partial charge in [0.05, 0.1) is 0 Å². The fourth-order valence-electron chi connectivity index (χ4n) is 1.69. The largest absolute Gasteiger partial charge is 0.343 e. The number of urea groups is 1. The number of hydrogen-bond acceptors (Lipinski definition) is 3. The minimum atomic E-state index is -0.615. The lowest BCUT2D eigenvalue weighted by Crippen LogP contribution is -2.44. The predicted octanol–water partition coefficient (Wildman–Crippen LogP) is 0.856. The van der Waals surface area contributed by atoms with E-state index in [2.05, 4.69) is 10.7 Å². The zero-order valence-electron chi connectivity index (χ0n) is 9.98. The molecule has 0 radical (unpaired) electrons. The number of nitrogens with one attached hydrogen (secondary N) is 2. The monoisotopic (exact) mass is 281 g/mol. The second-order valence-electron chi connectivity index (χ2n) is 4.07. The molecule has 0 saturated carbocycles. The molecule has 0 unspecified atom stereocenters. The van der Waals surface area contributed by atoms with Crippen LogP contribution < -0.4 is 10.7 Å². The standard InChI is InChI=1S/C12H12ClN3O3/c13-9-4-2-1-3-8(9)5-6-10(17)15-16-7-11(18)14-12(16)19/h1-4H,5-7H2,(H,15,17)(H,14,18,19). The van der Waals surface area contributed by atoms with Crippen molar-refractivity contribution in [3.05, 3.63) is 34.9 Å². The van der Waals surface area contributed by atoms with Crippen molar-refractivity contribution in [3.8, 4) is 0 Å². The molecule has 2 N–H and O–H groups in total.